The van der Waals surface area contributed by atoms with E-state index in [1.54, 1.807) is 43.3 Å². The van der Waals surface area contributed by atoms with Crippen molar-refractivity contribution in [3.05, 3.63) is 90.0 Å². The van der Waals surface area contributed by atoms with E-state index >= 15 is 0 Å². The van der Waals surface area contributed by atoms with E-state index in [0.29, 0.717) is 11.4 Å². The lowest BCUT2D eigenvalue weighted by Gasteiger charge is -2.33. The molecule has 0 saturated heterocycles. The molecule has 1 fully saturated rings. The second kappa shape index (κ2) is 13.7. The maximum absolute atomic E-state index is 14.0. The summed E-state index contributed by atoms with van der Waals surface area (Å²) in [6, 6.07) is 21.7. The highest BCUT2D eigenvalue weighted by Gasteiger charge is 2.33. The molecule has 1 N–H and O–H groups in total. The van der Waals surface area contributed by atoms with Crippen LogP contribution in [0, 0.1) is 6.92 Å². The first-order valence-electron chi connectivity index (χ1n) is 14.1. The quantitative estimate of drug-likeness (QED) is 0.344. The first-order chi connectivity index (χ1) is 19.7. The number of aryl methyl sites for hydroxylation is 1. The monoisotopic (exact) mass is 577 g/mol. The van der Waals surface area contributed by atoms with E-state index in [1.807, 2.05) is 37.3 Å². The SMILES string of the molecule is COc1ccc(N(CC(=O)N(Cc2ccccc2)[C@H](C)C(=O)NC2CCCCC2)S(=O)(=O)c2ccc(C)cc2)cc1. The molecule has 0 aliphatic heterocycles. The zero-order valence-corrected chi connectivity index (χ0v) is 24.8. The molecule has 0 radical (unpaired) electrons. The number of anilines is 1. The van der Waals surface area contributed by atoms with Crippen LogP contribution in [0.5, 0.6) is 5.75 Å². The van der Waals surface area contributed by atoms with Crippen molar-refractivity contribution >= 4 is 27.5 Å². The summed E-state index contributed by atoms with van der Waals surface area (Å²) in [5.74, 6) is -0.156. The Balaban J connectivity index is 1.66. The molecule has 0 unspecified atom stereocenters. The fourth-order valence-corrected chi connectivity index (χ4v) is 6.46. The largest absolute Gasteiger partial charge is 0.497 e. The highest BCUT2D eigenvalue weighted by Crippen LogP contribution is 2.27. The van der Waals surface area contributed by atoms with Crippen LogP contribution in [-0.2, 0) is 26.2 Å². The van der Waals surface area contributed by atoms with Gasteiger partial charge in [-0.05, 0) is 68.7 Å². The molecule has 0 aromatic heterocycles. The van der Waals surface area contributed by atoms with Crippen molar-refractivity contribution in [1.29, 1.82) is 0 Å². The van der Waals surface area contributed by atoms with Gasteiger partial charge < -0.3 is 15.0 Å². The maximum Gasteiger partial charge on any atom is 0.264 e. The van der Waals surface area contributed by atoms with E-state index in [-0.39, 0.29) is 23.4 Å². The number of hydrogen-bond acceptors (Lipinski definition) is 5. The molecule has 0 spiro atoms. The van der Waals surface area contributed by atoms with E-state index < -0.39 is 28.5 Å². The number of benzene rings is 3. The molecule has 1 saturated carbocycles. The van der Waals surface area contributed by atoms with Gasteiger partial charge in [-0.2, -0.15) is 0 Å². The van der Waals surface area contributed by atoms with Gasteiger partial charge in [0.05, 0.1) is 17.7 Å². The minimum absolute atomic E-state index is 0.0735. The number of nitrogens with zero attached hydrogens (tertiary/aromatic N) is 2. The zero-order valence-electron chi connectivity index (χ0n) is 24.0. The molecule has 1 aliphatic rings. The fourth-order valence-electron chi connectivity index (χ4n) is 5.05. The molecule has 1 atom stereocenters. The predicted molar refractivity (Wildman–Crippen MR) is 160 cm³/mol. The number of carbonyl (C=O) groups is 2. The number of sulfonamides is 1. The molecular formula is C32H39N3O5S. The molecule has 9 heteroatoms. The van der Waals surface area contributed by atoms with E-state index in [9.17, 15) is 18.0 Å². The Morgan fingerprint density at radius 2 is 1.56 bits per heavy atom. The number of methoxy groups -OCH3 is 1. The van der Waals surface area contributed by atoms with Crippen molar-refractivity contribution in [2.45, 2.75) is 69.5 Å². The Labute approximate surface area is 243 Å². The van der Waals surface area contributed by atoms with E-state index in [0.717, 1.165) is 47.5 Å². The summed E-state index contributed by atoms with van der Waals surface area (Å²) in [6.07, 6.45) is 5.15. The van der Waals surface area contributed by atoms with Gasteiger partial charge in [0.2, 0.25) is 11.8 Å². The van der Waals surface area contributed by atoms with Crippen LogP contribution in [-0.4, -0.2) is 50.9 Å². The standard InChI is InChI=1S/C32H39N3O5S/c1-24-14-20-30(21-15-24)41(38,39)35(28-16-18-29(40-3)19-17-28)23-31(36)34(22-26-10-6-4-7-11-26)25(2)32(37)33-27-12-8-5-9-13-27/h4,6-7,10-11,14-21,25,27H,5,8-9,12-13,22-23H2,1-3H3,(H,33,37)/t25-/m1/s1. The van der Waals surface area contributed by atoms with Crippen LogP contribution >= 0.6 is 0 Å². The lowest BCUT2D eigenvalue weighted by molar-refractivity contribution is -0.139. The Kier molecular flexibility index (Phi) is 10.0. The van der Waals surface area contributed by atoms with Gasteiger partial charge in [0.25, 0.3) is 10.0 Å². The van der Waals surface area contributed by atoms with E-state index in [4.69, 9.17) is 4.74 Å². The third-order valence-corrected chi connectivity index (χ3v) is 9.35. The molecule has 3 aromatic rings. The van der Waals surface area contributed by atoms with Gasteiger partial charge in [0, 0.05) is 12.6 Å². The Bertz CT molecular complexity index is 1400. The summed E-state index contributed by atoms with van der Waals surface area (Å²) >= 11 is 0. The molecule has 3 aromatic carbocycles. The summed E-state index contributed by atoms with van der Waals surface area (Å²) in [5, 5.41) is 3.12. The van der Waals surface area contributed by atoms with Gasteiger partial charge in [-0.3, -0.25) is 13.9 Å². The number of ether oxygens (including phenoxy) is 1. The maximum atomic E-state index is 14.0. The Hall–Kier alpha value is -3.85. The summed E-state index contributed by atoms with van der Waals surface area (Å²) in [7, 11) is -2.59. The second-order valence-corrected chi connectivity index (χ2v) is 12.4. The zero-order chi connectivity index (χ0) is 29.4. The third-order valence-electron chi connectivity index (χ3n) is 7.56. The minimum atomic E-state index is -4.12. The van der Waals surface area contributed by atoms with Crippen LogP contribution < -0.4 is 14.4 Å². The normalized spacial score (nSPS) is 14.6. The molecule has 1 aliphatic carbocycles. The molecular weight excluding hydrogens is 538 g/mol. The van der Waals surface area contributed by atoms with Crippen molar-refractivity contribution in [2.24, 2.45) is 0 Å². The van der Waals surface area contributed by atoms with Crippen LogP contribution in [0.2, 0.25) is 0 Å². The number of nitrogens with one attached hydrogen (secondary N) is 1. The van der Waals surface area contributed by atoms with Crippen LogP contribution in [0.4, 0.5) is 5.69 Å². The van der Waals surface area contributed by atoms with Gasteiger partial charge in [-0.1, -0.05) is 67.3 Å². The lowest BCUT2D eigenvalue weighted by atomic mass is 9.95. The van der Waals surface area contributed by atoms with Crippen molar-refractivity contribution < 1.29 is 22.7 Å². The smallest absolute Gasteiger partial charge is 0.264 e. The number of hydrogen-bond donors (Lipinski definition) is 1. The number of carbonyl (C=O) groups excluding carboxylic acids is 2. The van der Waals surface area contributed by atoms with Crippen molar-refractivity contribution in [1.82, 2.24) is 10.2 Å². The second-order valence-electron chi connectivity index (χ2n) is 10.5. The summed E-state index contributed by atoms with van der Waals surface area (Å²) in [4.78, 5) is 29.0. The summed E-state index contributed by atoms with van der Waals surface area (Å²) in [6.45, 7) is 3.27. The van der Waals surface area contributed by atoms with Gasteiger partial charge in [0.15, 0.2) is 0 Å². The number of amides is 2. The minimum Gasteiger partial charge on any atom is -0.497 e. The van der Waals surface area contributed by atoms with Gasteiger partial charge in [-0.15, -0.1) is 0 Å². The van der Waals surface area contributed by atoms with E-state index in [2.05, 4.69) is 5.32 Å². The van der Waals surface area contributed by atoms with Crippen LogP contribution in [0.3, 0.4) is 0 Å². The van der Waals surface area contributed by atoms with Gasteiger partial charge in [-0.25, -0.2) is 8.42 Å². The lowest BCUT2D eigenvalue weighted by Crippen LogP contribution is -2.53. The first kappa shape index (κ1) is 30.1. The molecule has 4 rings (SSSR count). The number of rotatable bonds is 11. The first-order valence-corrected chi connectivity index (χ1v) is 15.5. The van der Waals surface area contributed by atoms with Crippen molar-refractivity contribution in [3.63, 3.8) is 0 Å². The predicted octanol–water partition coefficient (Wildman–Crippen LogP) is 5.07. The third kappa shape index (κ3) is 7.67. The average molecular weight is 578 g/mol. The Morgan fingerprint density at radius 1 is 0.927 bits per heavy atom. The summed E-state index contributed by atoms with van der Waals surface area (Å²) < 4.78 is 34.2. The average Bonchev–Trinajstić information content (AvgIpc) is 2.99. The Morgan fingerprint density at radius 3 is 2.17 bits per heavy atom. The van der Waals surface area contributed by atoms with Gasteiger partial charge in [0.1, 0.15) is 18.3 Å². The topological polar surface area (TPSA) is 96.0 Å². The summed E-state index contributed by atoms with van der Waals surface area (Å²) in [5.41, 5.74) is 2.08. The van der Waals surface area contributed by atoms with Gasteiger partial charge >= 0.3 is 0 Å². The molecule has 2 amide bonds. The highest BCUT2D eigenvalue weighted by molar-refractivity contribution is 7.92. The molecule has 41 heavy (non-hydrogen) atoms. The molecule has 0 bridgehead atoms. The van der Waals surface area contributed by atoms with Crippen molar-refractivity contribution in [2.75, 3.05) is 18.0 Å². The molecule has 218 valence electrons. The van der Waals surface area contributed by atoms with E-state index in [1.165, 1.54) is 24.1 Å². The van der Waals surface area contributed by atoms with Crippen LogP contribution in [0.25, 0.3) is 0 Å². The van der Waals surface area contributed by atoms with Crippen molar-refractivity contribution in [3.8, 4) is 5.75 Å². The molecule has 8 nitrogen and oxygen atoms in total. The highest BCUT2D eigenvalue weighted by atomic mass is 32.2. The molecule has 0 heterocycles. The van der Waals surface area contributed by atoms with Crippen LogP contribution in [0.15, 0.2) is 83.8 Å². The fraction of sp³-hybridized carbons (Fsp3) is 0.375. The van der Waals surface area contributed by atoms with Crippen LogP contribution in [0.1, 0.15) is 50.2 Å².